The summed E-state index contributed by atoms with van der Waals surface area (Å²) < 4.78 is 1.94. The number of fused-ring (bicyclic) bond motifs is 1. The number of para-hydroxylation sites is 1. The molecule has 34 heavy (non-hydrogen) atoms. The van der Waals surface area contributed by atoms with E-state index in [0.29, 0.717) is 13.1 Å². The monoisotopic (exact) mass is 569 g/mol. The van der Waals surface area contributed by atoms with Crippen LogP contribution in [0.4, 0.5) is 5.82 Å². The van der Waals surface area contributed by atoms with Gasteiger partial charge in [-0.25, -0.2) is 9.98 Å². The minimum Gasteiger partial charge on any atom is -0.363 e. The summed E-state index contributed by atoms with van der Waals surface area (Å²) >= 11 is 0. The molecule has 0 atom stereocenters. The second-order valence-electron chi connectivity index (χ2n) is 8.07. The van der Waals surface area contributed by atoms with Gasteiger partial charge in [0.15, 0.2) is 5.96 Å². The van der Waals surface area contributed by atoms with E-state index >= 15 is 0 Å². The molecule has 0 spiro atoms. The fraction of sp³-hybridized carbons (Fsp3) is 0.269. The van der Waals surface area contributed by atoms with Crippen molar-refractivity contribution in [2.24, 2.45) is 4.99 Å². The van der Waals surface area contributed by atoms with Crippen molar-refractivity contribution in [3.8, 4) is 0 Å². The Labute approximate surface area is 218 Å². The van der Waals surface area contributed by atoms with Crippen molar-refractivity contribution >= 4 is 46.7 Å². The van der Waals surface area contributed by atoms with Crippen LogP contribution >= 0.6 is 24.0 Å². The molecule has 2 aromatic carbocycles. The molecule has 0 saturated carbocycles. The van der Waals surface area contributed by atoms with Gasteiger partial charge < -0.3 is 15.5 Å². The van der Waals surface area contributed by atoms with Gasteiger partial charge in [0.25, 0.3) is 0 Å². The number of aliphatic imine (C=N–C) groups is 1. The summed E-state index contributed by atoms with van der Waals surface area (Å²) in [5.74, 6) is 1.73. The number of benzene rings is 2. The summed E-state index contributed by atoms with van der Waals surface area (Å²) in [6.45, 7) is 4.86. The van der Waals surface area contributed by atoms with Crippen molar-refractivity contribution in [1.82, 2.24) is 25.4 Å². The molecular weight excluding hydrogens is 537 g/mol. The first-order valence-corrected chi connectivity index (χ1v) is 11.3. The van der Waals surface area contributed by atoms with Crippen molar-refractivity contribution in [2.45, 2.75) is 26.6 Å². The smallest absolute Gasteiger partial charge is 0.191 e. The highest BCUT2D eigenvalue weighted by molar-refractivity contribution is 14.0. The molecule has 0 amide bonds. The number of pyridine rings is 1. The van der Waals surface area contributed by atoms with Crippen LogP contribution in [0.25, 0.3) is 10.9 Å². The van der Waals surface area contributed by atoms with Gasteiger partial charge in [0, 0.05) is 45.0 Å². The van der Waals surface area contributed by atoms with E-state index < -0.39 is 0 Å². The summed E-state index contributed by atoms with van der Waals surface area (Å²) in [4.78, 5) is 11.7. The lowest BCUT2D eigenvalue weighted by Crippen LogP contribution is -2.37. The highest BCUT2D eigenvalue weighted by Crippen LogP contribution is 2.22. The lowest BCUT2D eigenvalue weighted by molar-refractivity contribution is 0.677. The van der Waals surface area contributed by atoms with E-state index in [4.69, 9.17) is 9.98 Å². The average Bonchev–Trinajstić information content (AvgIpc) is 3.34. The molecule has 0 unspecified atom stereocenters. The third-order valence-electron chi connectivity index (χ3n) is 5.45. The largest absolute Gasteiger partial charge is 0.363 e. The number of rotatable bonds is 8. The third-order valence-corrected chi connectivity index (χ3v) is 5.45. The Kier molecular flexibility index (Phi) is 9.26. The lowest BCUT2D eigenvalue weighted by Gasteiger charge is -2.16. The second-order valence-corrected chi connectivity index (χ2v) is 8.07. The van der Waals surface area contributed by atoms with Crippen LogP contribution in [0.3, 0.4) is 0 Å². The summed E-state index contributed by atoms with van der Waals surface area (Å²) in [6.07, 6.45) is 3.79. The summed E-state index contributed by atoms with van der Waals surface area (Å²) in [5.41, 5.74) is 4.60. The molecule has 2 aromatic heterocycles. The number of guanidine groups is 1. The average molecular weight is 569 g/mol. The summed E-state index contributed by atoms with van der Waals surface area (Å²) in [5, 5.41) is 12.3. The van der Waals surface area contributed by atoms with Crippen LogP contribution in [0.1, 0.15) is 23.6 Å². The molecule has 0 aliphatic rings. The molecule has 0 fully saturated rings. The zero-order chi connectivity index (χ0) is 23.0. The quantitative estimate of drug-likeness (QED) is 0.187. The molecular formula is C26H32IN7. The van der Waals surface area contributed by atoms with Gasteiger partial charge in [-0.3, -0.25) is 4.68 Å². The zero-order valence-corrected chi connectivity index (χ0v) is 22.2. The SMILES string of the molecule is CCNC(=NCc1cc(N(C)C)nc2ccccc12)NCc1ccccc1Cn1cccn1.I. The molecule has 2 N–H and O–H groups in total. The van der Waals surface area contributed by atoms with Crippen LogP contribution in [0.5, 0.6) is 0 Å². The lowest BCUT2D eigenvalue weighted by atomic mass is 10.1. The van der Waals surface area contributed by atoms with E-state index in [-0.39, 0.29) is 24.0 Å². The minimum atomic E-state index is 0. The minimum absolute atomic E-state index is 0. The topological polar surface area (TPSA) is 70.4 Å². The zero-order valence-electron chi connectivity index (χ0n) is 19.9. The number of aromatic nitrogens is 3. The van der Waals surface area contributed by atoms with Gasteiger partial charge >= 0.3 is 0 Å². The predicted molar refractivity (Wildman–Crippen MR) is 151 cm³/mol. The van der Waals surface area contributed by atoms with Gasteiger partial charge in [0.1, 0.15) is 5.82 Å². The van der Waals surface area contributed by atoms with Gasteiger partial charge in [-0.1, -0.05) is 42.5 Å². The third kappa shape index (κ3) is 6.47. The van der Waals surface area contributed by atoms with Gasteiger partial charge in [-0.05, 0) is 41.8 Å². The van der Waals surface area contributed by atoms with Crippen molar-refractivity contribution in [2.75, 3.05) is 25.5 Å². The second kappa shape index (κ2) is 12.4. The normalized spacial score (nSPS) is 11.2. The van der Waals surface area contributed by atoms with Crippen LogP contribution in [0, 0.1) is 0 Å². The number of hydrogen-bond acceptors (Lipinski definition) is 4. The van der Waals surface area contributed by atoms with Crippen LogP contribution in [-0.2, 0) is 19.6 Å². The van der Waals surface area contributed by atoms with Crippen molar-refractivity contribution in [3.63, 3.8) is 0 Å². The molecule has 178 valence electrons. The van der Waals surface area contributed by atoms with E-state index in [2.05, 4.69) is 65.1 Å². The molecule has 4 rings (SSSR count). The van der Waals surface area contributed by atoms with Crippen molar-refractivity contribution in [1.29, 1.82) is 0 Å². The Balaban J connectivity index is 0.00000324. The number of halogens is 1. The maximum Gasteiger partial charge on any atom is 0.191 e. The van der Waals surface area contributed by atoms with Crippen molar-refractivity contribution in [3.05, 3.63) is 89.7 Å². The number of anilines is 1. The molecule has 0 bridgehead atoms. The Morgan fingerprint density at radius 2 is 1.74 bits per heavy atom. The highest BCUT2D eigenvalue weighted by Gasteiger charge is 2.08. The molecule has 2 heterocycles. The van der Waals surface area contributed by atoms with Gasteiger partial charge in [0.05, 0.1) is 18.6 Å². The summed E-state index contributed by atoms with van der Waals surface area (Å²) in [6, 6.07) is 20.7. The maximum absolute atomic E-state index is 4.89. The van der Waals surface area contributed by atoms with Crippen molar-refractivity contribution < 1.29 is 0 Å². The molecule has 7 nitrogen and oxygen atoms in total. The first-order valence-electron chi connectivity index (χ1n) is 11.3. The van der Waals surface area contributed by atoms with Crippen LogP contribution in [0.2, 0.25) is 0 Å². The maximum atomic E-state index is 4.89. The number of nitrogens with zero attached hydrogens (tertiary/aromatic N) is 5. The first kappa shape index (κ1) is 25.5. The first-order chi connectivity index (χ1) is 16.1. The van der Waals surface area contributed by atoms with Crippen LogP contribution in [-0.4, -0.2) is 41.4 Å². The van der Waals surface area contributed by atoms with E-state index in [1.165, 1.54) is 11.1 Å². The fourth-order valence-corrected chi connectivity index (χ4v) is 3.73. The Bertz CT molecular complexity index is 1220. The van der Waals surface area contributed by atoms with Gasteiger partial charge in [-0.15, -0.1) is 24.0 Å². The Morgan fingerprint density at radius 3 is 2.47 bits per heavy atom. The number of nitrogens with one attached hydrogen (secondary N) is 2. The molecule has 4 aromatic rings. The van der Waals surface area contributed by atoms with Gasteiger partial charge in [-0.2, -0.15) is 5.10 Å². The van der Waals surface area contributed by atoms with E-state index in [0.717, 1.165) is 41.3 Å². The molecule has 0 aliphatic heterocycles. The summed E-state index contributed by atoms with van der Waals surface area (Å²) in [7, 11) is 4.02. The number of hydrogen-bond donors (Lipinski definition) is 2. The van der Waals surface area contributed by atoms with Crippen LogP contribution in [0.15, 0.2) is 78.0 Å². The molecule has 0 aliphatic carbocycles. The van der Waals surface area contributed by atoms with E-state index in [9.17, 15) is 0 Å². The highest BCUT2D eigenvalue weighted by atomic mass is 127. The van der Waals surface area contributed by atoms with E-state index in [1.54, 1.807) is 6.20 Å². The Hall–Kier alpha value is -3.14. The van der Waals surface area contributed by atoms with E-state index in [1.807, 2.05) is 48.1 Å². The molecule has 0 radical (unpaired) electrons. The van der Waals surface area contributed by atoms with Crippen LogP contribution < -0.4 is 15.5 Å². The molecule has 8 heteroatoms. The molecule has 0 saturated heterocycles. The fourth-order valence-electron chi connectivity index (χ4n) is 3.73. The predicted octanol–water partition coefficient (Wildman–Crippen LogP) is 4.42. The Morgan fingerprint density at radius 1 is 0.971 bits per heavy atom. The standard InChI is InChI=1S/C26H31N7.HI/c1-4-27-26(28-17-20-10-5-6-11-21(20)19-33-15-9-14-30-33)29-18-22-16-25(32(2)3)31-24-13-8-7-12-23(22)24;/h5-16H,4,17-19H2,1-3H3,(H2,27,28,29);1H. The van der Waals surface area contributed by atoms with Gasteiger partial charge in [0.2, 0.25) is 0 Å².